The van der Waals surface area contributed by atoms with Crippen molar-refractivity contribution in [2.75, 3.05) is 0 Å². The third-order valence-corrected chi connectivity index (χ3v) is 12.2. The number of fused-ring (bicyclic) bond motifs is 1. The van der Waals surface area contributed by atoms with E-state index in [0.717, 1.165) is 78.0 Å². The molecule has 2 heterocycles. The topological polar surface area (TPSA) is 50.9 Å². The van der Waals surface area contributed by atoms with Gasteiger partial charge in [0.05, 0.1) is 28.0 Å². The number of benzene rings is 7. The molecule has 63 heavy (non-hydrogen) atoms. The van der Waals surface area contributed by atoms with Crippen LogP contribution < -0.4 is 0 Å². The van der Waals surface area contributed by atoms with Crippen LogP contribution in [0.2, 0.25) is 0 Å². The lowest BCUT2D eigenvalue weighted by atomic mass is 9.79. The molecule has 0 aliphatic carbocycles. The Hall–Kier alpha value is -7.04. The second-order valence-corrected chi connectivity index (χ2v) is 18.8. The number of pyridine rings is 1. The van der Waals surface area contributed by atoms with Crippen LogP contribution in [-0.2, 0) is 10.8 Å². The van der Waals surface area contributed by atoms with Gasteiger partial charge in [-0.05, 0) is 136 Å². The van der Waals surface area contributed by atoms with E-state index in [-0.39, 0.29) is 16.7 Å². The van der Waals surface area contributed by atoms with Crippen LogP contribution in [0.3, 0.4) is 0 Å². The van der Waals surface area contributed by atoms with Gasteiger partial charge in [-0.1, -0.05) is 150 Å². The predicted octanol–water partition coefficient (Wildman–Crippen LogP) is 15.6. The van der Waals surface area contributed by atoms with E-state index in [9.17, 15) is 5.11 Å². The summed E-state index contributed by atoms with van der Waals surface area (Å²) in [6.45, 7) is 14.9. The van der Waals surface area contributed by atoms with E-state index in [1.54, 1.807) is 12.1 Å². The van der Waals surface area contributed by atoms with Crippen LogP contribution in [0.1, 0.15) is 73.5 Å². The Labute approximate surface area is 376 Å². The summed E-state index contributed by atoms with van der Waals surface area (Å²) in [6.07, 6.45) is 1.89. The fourth-order valence-corrected chi connectivity index (χ4v) is 8.89. The monoisotopic (exact) mass is 824 g/mol. The van der Waals surface area contributed by atoms with Gasteiger partial charge in [-0.2, -0.15) is 0 Å². The zero-order valence-corrected chi connectivity index (χ0v) is 37.4. The maximum atomic E-state index is 12.5. The summed E-state index contributed by atoms with van der Waals surface area (Å²) in [5.41, 5.74) is 16.5. The molecule has 2 aromatic heterocycles. The molecule has 0 unspecified atom stereocenters. The maximum Gasteiger partial charge on any atom is 0.149 e. The highest BCUT2D eigenvalue weighted by molar-refractivity contribution is 5.98. The van der Waals surface area contributed by atoms with Crippen molar-refractivity contribution in [3.8, 4) is 78.6 Å². The van der Waals surface area contributed by atoms with E-state index in [1.807, 2.05) is 48.7 Å². The molecular weight excluding hydrogens is 767 g/mol. The number of aryl methyl sites for hydroxylation is 3. The lowest BCUT2D eigenvalue weighted by Gasteiger charge is -2.27. The Bertz CT molecular complexity index is 3260. The van der Waals surface area contributed by atoms with E-state index in [4.69, 9.17) is 14.1 Å². The first-order chi connectivity index (χ1) is 31.4. The quantitative estimate of drug-likeness (QED) is 0.174. The molecular formula is C59H55N3O. The minimum atomic E-state index is -2.33. The Morgan fingerprint density at radius 1 is 0.540 bits per heavy atom. The Morgan fingerprint density at radius 2 is 1.21 bits per heavy atom. The average molecular weight is 825 g/mol. The Balaban J connectivity index is 1.37. The summed E-state index contributed by atoms with van der Waals surface area (Å²) >= 11 is 0. The fourth-order valence-electron chi connectivity index (χ4n) is 8.89. The molecule has 312 valence electrons. The molecule has 0 aliphatic heterocycles. The molecule has 0 radical (unpaired) electrons. The Morgan fingerprint density at radius 3 is 1.89 bits per heavy atom. The minimum Gasteiger partial charge on any atom is -0.507 e. The largest absolute Gasteiger partial charge is 0.507 e. The SMILES string of the molecule is [2H]C([2H])([2H])c1ccc(-n2c(-c3cc(C(C)(C)C)cc(C(C)(C)C)c3O)nc3c(-c4cc(-c5ccccc5)cc(-c5cc(-c6c(C)cccc6C)ccn5)c4)cccc32)c(-c2ccccc2)c1. The second kappa shape index (κ2) is 16.0. The number of aromatic nitrogens is 3. The molecule has 0 amide bonds. The van der Waals surface area contributed by atoms with Crippen molar-refractivity contribution in [2.24, 2.45) is 0 Å². The summed E-state index contributed by atoms with van der Waals surface area (Å²) in [7, 11) is 0. The molecule has 0 saturated carbocycles. The molecule has 0 atom stereocenters. The lowest BCUT2D eigenvalue weighted by molar-refractivity contribution is 0.446. The molecule has 7 aromatic carbocycles. The molecule has 0 aliphatic rings. The van der Waals surface area contributed by atoms with Crippen molar-refractivity contribution in [1.82, 2.24) is 14.5 Å². The van der Waals surface area contributed by atoms with Crippen LogP contribution in [-0.4, -0.2) is 19.6 Å². The van der Waals surface area contributed by atoms with Crippen molar-refractivity contribution >= 4 is 11.0 Å². The number of hydrogen-bond donors (Lipinski definition) is 1. The van der Waals surface area contributed by atoms with Crippen LogP contribution in [0.5, 0.6) is 5.75 Å². The molecule has 1 N–H and O–H groups in total. The van der Waals surface area contributed by atoms with Crippen LogP contribution in [0.4, 0.5) is 0 Å². The molecule has 0 spiro atoms. The average Bonchev–Trinajstić information content (AvgIpc) is 3.68. The number of imidazole rings is 1. The zero-order valence-electron chi connectivity index (χ0n) is 40.4. The van der Waals surface area contributed by atoms with Gasteiger partial charge in [0, 0.05) is 32.6 Å². The van der Waals surface area contributed by atoms with Crippen molar-refractivity contribution < 1.29 is 9.22 Å². The molecule has 9 aromatic rings. The number of phenols is 1. The van der Waals surface area contributed by atoms with Gasteiger partial charge in [0.1, 0.15) is 11.6 Å². The minimum absolute atomic E-state index is 0.164. The van der Waals surface area contributed by atoms with E-state index in [2.05, 4.69) is 163 Å². The lowest BCUT2D eigenvalue weighted by Crippen LogP contribution is -2.17. The zero-order chi connectivity index (χ0) is 46.7. The summed E-state index contributed by atoms with van der Waals surface area (Å²) < 4.78 is 27.3. The van der Waals surface area contributed by atoms with E-state index in [0.29, 0.717) is 11.4 Å². The first-order valence-corrected chi connectivity index (χ1v) is 21.7. The highest BCUT2D eigenvalue weighted by Gasteiger charge is 2.29. The van der Waals surface area contributed by atoms with Crippen molar-refractivity contribution in [3.63, 3.8) is 0 Å². The van der Waals surface area contributed by atoms with Crippen LogP contribution >= 0.6 is 0 Å². The van der Waals surface area contributed by atoms with Gasteiger partial charge in [0.15, 0.2) is 0 Å². The van der Waals surface area contributed by atoms with E-state index >= 15 is 0 Å². The van der Waals surface area contributed by atoms with Gasteiger partial charge >= 0.3 is 0 Å². The van der Waals surface area contributed by atoms with Crippen molar-refractivity contribution in [3.05, 3.63) is 192 Å². The van der Waals surface area contributed by atoms with Crippen molar-refractivity contribution in [2.45, 2.75) is 73.1 Å². The van der Waals surface area contributed by atoms with Gasteiger partial charge in [-0.25, -0.2) is 4.98 Å². The van der Waals surface area contributed by atoms with E-state index < -0.39 is 12.3 Å². The summed E-state index contributed by atoms with van der Waals surface area (Å²) in [5, 5.41) is 12.5. The summed E-state index contributed by atoms with van der Waals surface area (Å²) in [6, 6.07) is 53.4. The summed E-state index contributed by atoms with van der Waals surface area (Å²) in [4.78, 5) is 10.6. The normalized spacial score (nSPS) is 12.9. The predicted molar refractivity (Wildman–Crippen MR) is 265 cm³/mol. The number of hydrogen-bond acceptors (Lipinski definition) is 3. The van der Waals surface area contributed by atoms with Crippen LogP contribution in [0, 0.1) is 20.7 Å². The van der Waals surface area contributed by atoms with Crippen LogP contribution in [0.25, 0.3) is 83.9 Å². The van der Waals surface area contributed by atoms with E-state index in [1.165, 1.54) is 16.7 Å². The third-order valence-electron chi connectivity index (χ3n) is 12.2. The number of nitrogens with zero attached hydrogens (tertiary/aromatic N) is 3. The second-order valence-electron chi connectivity index (χ2n) is 18.8. The van der Waals surface area contributed by atoms with Gasteiger partial charge in [0.2, 0.25) is 0 Å². The standard InChI is InChI=1S/C59H55N3O/c1-37-26-27-52(48(30-37)41-22-14-11-15-23-41)62-53-25-17-24-47(55(53)61-57(62)49-35-46(58(4,5)6)36-50(56(49)63)59(7,8)9)44-31-43(40-20-12-10-13-21-40)32-45(33-44)51-34-42(28-29-60-51)54-38(2)18-16-19-39(54)3/h10-36,63H,1-9H3/i1D3. The van der Waals surface area contributed by atoms with Crippen molar-refractivity contribution in [1.29, 1.82) is 0 Å². The maximum absolute atomic E-state index is 12.5. The Kier molecular flexibility index (Phi) is 9.58. The smallest absolute Gasteiger partial charge is 0.149 e. The number of phenolic OH excluding ortho intramolecular Hbond substituents is 1. The first-order valence-electron chi connectivity index (χ1n) is 23.2. The molecule has 4 heteroatoms. The van der Waals surface area contributed by atoms with Crippen LogP contribution in [0.15, 0.2) is 164 Å². The highest BCUT2D eigenvalue weighted by atomic mass is 16.3. The third kappa shape index (κ3) is 7.87. The highest BCUT2D eigenvalue weighted by Crippen LogP contribution is 2.46. The fraction of sp³-hybridized carbons (Fsp3) is 0.186. The number of rotatable bonds is 7. The molecule has 0 bridgehead atoms. The van der Waals surface area contributed by atoms with Gasteiger partial charge in [-0.15, -0.1) is 0 Å². The van der Waals surface area contributed by atoms with Gasteiger partial charge < -0.3 is 5.11 Å². The molecule has 9 rings (SSSR count). The molecule has 0 saturated heterocycles. The molecule has 4 nitrogen and oxygen atoms in total. The van der Waals surface area contributed by atoms with Gasteiger partial charge in [0.25, 0.3) is 0 Å². The summed E-state index contributed by atoms with van der Waals surface area (Å²) in [5.74, 6) is 0.713. The first kappa shape index (κ1) is 37.7. The number of para-hydroxylation sites is 1. The molecule has 0 fully saturated rings. The van der Waals surface area contributed by atoms with Gasteiger partial charge in [-0.3, -0.25) is 9.55 Å². The number of aromatic hydroxyl groups is 1.